The van der Waals surface area contributed by atoms with Crippen LogP contribution in [0.4, 0.5) is 0 Å². The molecule has 1 amide bonds. The topological polar surface area (TPSA) is 29.5 Å². The Morgan fingerprint density at radius 2 is 1.96 bits per heavy atom. The molecule has 0 saturated carbocycles. The van der Waals surface area contributed by atoms with Crippen molar-refractivity contribution in [1.29, 1.82) is 0 Å². The molecule has 0 bridgehead atoms. The monoisotopic (exact) mass is 313 g/mol. The third-order valence-corrected chi connectivity index (χ3v) is 4.15. The molecule has 1 unspecified atom stereocenters. The number of aryl methyl sites for hydroxylation is 1. The Balaban J connectivity index is 1.74. The van der Waals surface area contributed by atoms with E-state index in [1.54, 1.807) is 0 Å². The van der Waals surface area contributed by atoms with E-state index in [1.807, 2.05) is 43.0 Å². The summed E-state index contributed by atoms with van der Waals surface area (Å²) in [5, 5.41) is 0. The van der Waals surface area contributed by atoms with Gasteiger partial charge in [0.05, 0.1) is 6.10 Å². The normalized spacial score (nSPS) is 17.0. The predicted octanol–water partition coefficient (Wildman–Crippen LogP) is 3.76. The van der Waals surface area contributed by atoms with Crippen LogP contribution in [-0.2, 0) is 16.0 Å². The lowest BCUT2D eigenvalue weighted by Crippen LogP contribution is -2.33. The van der Waals surface area contributed by atoms with Gasteiger partial charge in [0, 0.05) is 31.7 Å². The van der Waals surface area contributed by atoms with Crippen molar-refractivity contribution in [3.63, 3.8) is 0 Å². The smallest absolute Gasteiger partial charge is 0.249 e. The Morgan fingerprint density at radius 3 is 2.65 bits per heavy atom. The van der Waals surface area contributed by atoms with Gasteiger partial charge in [-0.25, -0.2) is 0 Å². The molecule has 0 fully saturated rings. The molecule has 3 heteroatoms. The van der Waals surface area contributed by atoms with Gasteiger partial charge in [-0.15, -0.1) is 0 Å². The molecular formula is C20H27NO2. The molecule has 0 heterocycles. The Morgan fingerprint density at radius 1 is 1.22 bits per heavy atom. The number of likely N-dealkylation sites (N-methyl/N-ethyl adjacent to an activating group) is 1. The standard InChI is InChI=1S/C20H27NO2/c1-3-21(4-2)20(22)18-13-8-14-19(16-18)23-15-9-12-17-10-6-5-7-11-17/h5-8,10-11,13-14,19H,3-4,9,12,15-16H2,1-2H3. The van der Waals surface area contributed by atoms with E-state index in [1.165, 1.54) is 5.56 Å². The number of benzene rings is 1. The van der Waals surface area contributed by atoms with Crippen molar-refractivity contribution in [2.24, 2.45) is 0 Å². The van der Waals surface area contributed by atoms with Crippen LogP contribution >= 0.6 is 0 Å². The third-order valence-electron chi connectivity index (χ3n) is 4.15. The lowest BCUT2D eigenvalue weighted by Gasteiger charge is -2.24. The van der Waals surface area contributed by atoms with Crippen molar-refractivity contribution in [3.8, 4) is 0 Å². The average molecular weight is 313 g/mol. The van der Waals surface area contributed by atoms with Crippen molar-refractivity contribution in [3.05, 3.63) is 59.7 Å². The molecule has 0 aromatic heterocycles. The Hall–Kier alpha value is -1.87. The third kappa shape index (κ3) is 5.36. The van der Waals surface area contributed by atoms with Gasteiger partial charge >= 0.3 is 0 Å². The van der Waals surface area contributed by atoms with E-state index < -0.39 is 0 Å². The van der Waals surface area contributed by atoms with E-state index in [0.29, 0.717) is 6.42 Å². The fraction of sp³-hybridized carbons (Fsp3) is 0.450. The van der Waals surface area contributed by atoms with Crippen molar-refractivity contribution < 1.29 is 9.53 Å². The minimum absolute atomic E-state index is 0.0188. The Bertz CT molecular complexity index is 544. The van der Waals surface area contributed by atoms with Crippen LogP contribution in [0.3, 0.4) is 0 Å². The van der Waals surface area contributed by atoms with Gasteiger partial charge < -0.3 is 9.64 Å². The van der Waals surface area contributed by atoms with Crippen LogP contribution in [0.2, 0.25) is 0 Å². The summed E-state index contributed by atoms with van der Waals surface area (Å²) in [5.41, 5.74) is 2.19. The summed E-state index contributed by atoms with van der Waals surface area (Å²) in [6.45, 7) is 6.24. The highest BCUT2D eigenvalue weighted by Crippen LogP contribution is 2.18. The maximum absolute atomic E-state index is 12.4. The van der Waals surface area contributed by atoms with E-state index in [4.69, 9.17) is 4.74 Å². The molecule has 23 heavy (non-hydrogen) atoms. The SMILES string of the molecule is CCN(CC)C(=O)C1=CC=CC(OCCCc2ccccc2)C1. The summed E-state index contributed by atoms with van der Waals surface area (Å²) >= 11 is 0. The van der Waals surface area contributed by atoms with Crippen molar-refractivity contribution in [1.82, 2.24) is 4.90 Å². The molecule has 0 aliphatic heterocycles. The molecule has 124 valence electrons. The fourth-order valence-corrected chi connectivity index (χ4v) is 2.79. The molecular weight excluding hydrogens is 286 g/mol. The first-order chi connectivity index (χ1) is 11.2. The molecule has 0 spiro atoms. The lowest BCUT2D eigenvalue weighted by molar-refractivity contribution is -0.127. The number of hydrogen-bond donors (Lipinski definition) is 0. The maximum atomic E-state index is 12.4. The van der Waals surface area contributed by atoms with Crippen molar-refractivity contribution in [2.45, 2.75) is 39.2 Å². The van der Waals surface area contributed by atoms with E-state index in [0.717, 1.165) is 38.1 Å². The zero-order chi connectivity index (χ0) is 16.5. The number of ether oxygens (including phenoxy) is 1. The summed E-state index contributed by atoms with van der Waals surface area (Å²) in [6.07, 6.45) is 8.63. The van der Waals surface area contributed by atoms with Gasteiger partial charge in [0.15, 0.2) is 0 Å². The molecule has 3 nitrogen and oxygen atoms in total. The highest BCUT2D eigenvalue weighted by Gasteiger charge is 2.20. The van der Waals surface area contributed by atoms with Crippen molar-refractivity contribution >= 4 is 5.91 Å². The minimum Gasteiger partial charge on any atom is -0.374 e. The average Bonchev–Trinajstić information content (AvgIpc) is 2.61. The molecule has 2 rings (SSSR count). The maximum Gasteiger partial charge on any atom is 0.249 e. The van der Waals surface area contributed by atoms with E-state index in [9.17, 15) is 4.79 Å². The van der Waals surface area contributed by atoms with Gasteiger partial charge in [-0.1, -0.05) is 48.6 Å². The highest BCUT2D eigenvalue weighted by molar-refractivity contribution is 5.94. The molecule has 1 aromatic rings. The number of allylic oxidation sites excluding steroid dienone is 2. The van der Waals surface area contributed by atoms with Crippen LogP contribution in [-0.4, -0.2) is 36.6 Å². The number of carbonyl (C=O) groups is 1. The van der Waals surface area contributed by atoms with Crippen LogP contribution in [0.1, 0.15) is 32.3 Å². The molecule has 0 radical (unpaired) electrons. The minimum atomic E-state index is 0.0188. The second-order valence-corrected chi connectivity index (χ2v) is 5.76. The van der Waals surface area contributed by atoms with Crippen LogP contribution in [0, 0.1) is 0 Å². The van der Waals surface area contributed by atoms with E-state index >= 15 is 0 Å². The molecule has 1 aromatic carbocycles. The number of carbonyl (C=O) groups excluding carboxylic acids is 1. The summed E-state index contributed by atoms with van der Waals surface area (Å²) in [7, 11) is 0. The summed E-state index contributed by atoms with van der Waals surface area (Å²) < 4.78 is 5.93. The first-order valence-electron chi connectivity index (χ1n) is 8.56. The summed E-state index contributed by atoms with van der Waals surface area (Å²) in [6, 6.07) is 10.5. The zero-order valence-electron chi connectivity index (χ0n) is 14.2. The van der Waals surface area contributed by atoms with Gasteiger partial charge in [-0.05, 0) is 32.3 Å². The largest absolute Gasteiger partial charge is 0.374 e. The summed E-state index contributed by atoms with van der Waals surface area (Å²) in [5.74, 6) is 0.136. The van der Waals surface area contributed by atoms with Crippen molar-refractivity contribution in [2.75, 3.05) is 19.7 Å². The van der Waals surface area contributed by atoms with Gasteiger partial charge in [0.25, 0.3) is 0 Å². The fourth-order valence-electron chi connectivity index (χ4n) is 2.79. The van der Waals surface area contributed by atoms with Gasteiger partial charge in [-0.2, -0.15) is 0 Å². The zero-order valence-corrected chi connectivity index (χ0v) is 14.2. The first kappa shape index (κ1) is 17.5. The molecule has 1 aliphatic carbocycles. The lowest BCUT2D eigenvalue weighted by atomic mass is 10.0. The Kier molecular flexibility index (Phi) is 7.08. The van der Waals surface area contributed by atoms with E-state index in [-0.39, 0.29) is 12.0 Å². The highest BCUT2D eigenvalue weighted by atomic mass is 16.5. The first-order valence-corrected chi connectivity index (χ1v) is 8.56. The second kappa shape index (κ2) is 9.31. The Labute approximate surface area is 139 Å². The predicted molar refractivity (Wildman–Crippen MR) is 94.3 cm³/mol. The van der Waals surface area contributed by atoms with Gasteiger partial charge in [0.1, 0.15) is 0 Å². The van der Waals surface area contributed by atoms with Gasteiger partial charge in [-0.3, -0.25) is 4.79 Å². The summed E-state index contributed by atoms with van der Waals surface area (Å²) in [4.78, 5) is 14.2. The molecule has 0 saturated heterocycles. The number of nitrogens with zero attached hydrogens (tertiary/aromatic N) is 1. The van der Waals surface area contributed by atoms with Crippen LogP contribution in [0.5, 0.6) is 0 Å². The quantitative estimate of drug-likeness (QED) is 0.684. The molecule has 0 N–H and O–H groups in total. The van der Waals surface area contributed by atoms with Crippen LogP contribution in [0.25, 0.3) is 0 Å². The number of hydrogen-bond acceptors (Lipinski definition) is 2. The van der Waals surface area contributed by atoms with Crippen LogP contribution < -0.4 is 0 Å². The number of amides is 1. The van der Waals surface area contributed by atoms with Crippen LogP contribution in [0.15, 0.2) is 54.1 Å². The van der Waals surface area contributed by atoms with E-state index in [2.05, 4.69) is 24.3 Å². The molecule has 1 atom stereocenters. The molecule has 1 aliphatic rings. The second-order valence-electron chi connectivity index (χ2n) is 5.76. The number of rotatable bonds is 8. The van der Waals surface area contributed by atoms with Gasteiger partial charge in [0.2, 0.25) is 5.91 Å².